The molecule has 0 atom stereocenters. The van der Waals surface area contributed by atoms with Gasteiger partial charge in [0.15, 0.2) is 0 Å². The predicted octanol–water partition coefficient (Wildman–Crippen LogP) is 5.10. The lowest BCUT2D eigenvalue weighted by Gasteiger charge is -2.31. The number of hydrogen-bond acceptors (Lipinski definition) is 3. The van der Waals surface area contributed by atoms with Crippen molar-refractivity contribution in [2.24, 2.45) is 4.99 Å². The Morgan fingerprint density at radius 2 is 1.91 bits per heavy atom. The van der Waals surface area contributed by atoms with Gasteiger partial charge in [-0.2, -0.15) is 0 Å². The number of benzene rings is 1. The lowest BCUT2D eigenvalue weighted by Crippen LogP contribution is -2.42. The summed E-state index contributed by atoms with van der Waals surface area (Å²) in [5.74, 6) is 0.959. The van der Waals surface area contributed by atoms with E-state index in [2.05, 4.69) is 69.6 Å². The van der Waals surface area contributed by atoms with Gasteiger partial charge in [0.2, 0.25) is 5.96 Å². The lowest BCUT2D eigenvalue weighted by atomic mass is 9.96. The largest absolute Gasteiger partial charge is 0.342 e. The summed E-state index contributed by atoms with van der Waals surface area (Å²) >= 11 is 0. The molecule has 0 aromatic heterocycles. The summed E-state index contributed by atoms with van der Waals surface area (Å²) in [6.45, 7) is 16.8. The molecule has 1 heterocycles. The summed E-state index contributed by atoms with van der Waals surface area (Å²) in [7, 11) is 0. The van der Waals surface area contributed by atoms with Crippen LogP contribution in [-0.2, 0) is 0 Å². The van der Waals surface area contributed by atoms with Crippen LogP contribution in [0.5, 0.6) is 0 Å². The summed E-state index contributed by atoms with van der Waals surface area (Å²) in [4.78, 5) is 7.32. The van der Waals surface area contributed by atoms with E-state index in [9.17, 15) is 0 Å². The molecule has 3 nitrogen and oxygen atoms in total. The number of aryl methyl sites for hydroxylation is 1. The number of nitrogens with one attached hydrogen (secondary N) is 1. The molecule has 3 heteroatoms. The van der Waals surface area contributed by atoms with E-state index in [4.69, 9.17) is 4.99 Å². The van der Waals surface area contributed by atoms with Gasteiger partial charge in [0.1, 0.15) is 0 Å². The van der Waals surface area contributed by atoms with Gasteiger partial charge in [-0.3, -0.25) is 0 Å². The third-order valence-corrected chi connectivity index (χ3v) is 4.04. The van der Waals surface area contributed by atoms with Crippen LogP contribution in [0.25, 0.3) is 11.3 Å². The molecule has 23 heavy (non-hydrogen) atoms. The highest BCUT2D eigenvalue weighted by atomic mass is 15.3. The van der Waals surface area contributed by atoms with Crippen molar-refractivity contribution in [3.63, 3.8) is 0 Å². The quantitative estimate of drug-likeness (QED) is 0.819. The van der Waals surface area contributed by atoms with Crippen molar-refractivity contribution >= 4 is 22.9 Å². The van der Waals surface area contributed by atoms with Crippen LogP contribution in [0.3, 0.4) is 0 Å². The van der Waals surface area contributed by atoms with Gasteiger partial charge in [-0.25, -0.2) is 4.99 Å². The van der Waals surface area contributed by atoms with E-state index in [1.165, 1.54) is 11.1 Å². The third kappa shape index (κ3) is 3.66. The normalized spacial score (nSPS) is 15.0. The van der Waals surface area contributed by atoms with Crippen molar-refractivity contribution in [1.29, 1.82) is 0 Å². The predicted molar refractivity (Wildman–Crippen MR) is 102 cm³/mol. The lowest BCUT2D eigenvalue weighted by molar-refractivity contribution is 0.407. The van der Waals surface area contributed by atoms with Crippen LogP contribution in [0.1, 0.15) is 57.2 Å². The monoisotopic (exact) mass is 311 g/mol. The van der Waals surface area contributed by atoms with Gasteiger partial charge in [0.05, 0.1) is 5.69 Å². The SMILES string of the molecule is C=C(C)c1cc(C)cc2c1N=C(N(CCC)CCC)N/C2=C/C. The molecule has 2 rings (SSSR count). The van der Waals surface area contributed by atoms with Gasteiger partial charge in [-0.1, -0.05) is 26.5 Å². The van der Waals surface area contributed by atoms with Crippen LogP contribution < -0.4 is 5.32 Å². The standard InChI is InChI=1S/C20H29N3/c1-7-10-23(11-8-2)20-21-18(9-3)17-13-15(6)12-16(14(4)5)19(17)22-20/h9,12-13H,4,7-8,10-11H2,1-3,5-6H3,(H,21,22)/b18-9+. The molecule has 1 aromatic rings. The maximum atomic E-state index is 4.97. The third-order valence-electron chi connectivity index (χ3n) is 4.04. The molecule has 0 amide bonds. The second-order valence-corrected chi connectivity index (χ2v) is 6.24. The van der Waals surface area contributed by atoms with Gasteiger partial charge in [-0.05, 0) is 56.9 Å². The van der Waals surface area contributed by atoms with E-state index in [-0.39, 0.29) is 0 Å². The van der Waals surface area contributed by atoms with E-state index >= 15 is 0 Å². The molecule has 1 aliphatic rings. The van der Waals surface area contributed by atoms with Crippen LogP contribution in [0.4, 0.5) is 5.69 Å². The Labute approximate surface area is 140 Å². The minimum Gasteiger partial charge on any atom is -0.342 e. The van der Waals surface area contributed by atoms with Crippen molar-refractivity contribution in [3.05, 3.63) is 41.5 Å². The van der Waals surface area contributed by atoms with E-state index in [0.717, 1.165) is 54.4 Å². The van der Waals surface area contributed by atoms with E-state index in [0.29, 0.717) is 0 Å². The first-order valence-corrected chi connectivity index (χ1v) is 8.59. The molecule has 0 radical (unpaired) electrons. The number of hydrogen-bond donors (Lipinski definition) is 1. The average Bonchev–Trinajstić information content (AvgIpc) is 2.52. The maximum Gasteiger partial charge on any atom is 0.203 e. The van der Waals surface area contributed by atoms with Gasteiger partial charge in [0, 0.05) is 29.9 Å². The van der Waals surface area contributed by atoms with Gasteiger partial charge in [0.25, 0.3) is 0 Å². The van der Waals surface area contributed by atoms with Crippen LogP contribution in [0, 0.1) is 6.92 Å². The second kappa shape index (κ2) is 7.49. The summed E-state index contributed by atoms with van der Waals surface area (Å²) in [5, 5.41) is 3.53. The minimum atomic E-state index is 0.959. The molecular weight excluding hydrogens is 282 g/mol. The fourth-order valence-electron chi connectivity index (χ4n) is 2.99. The molecule has 0 bridgehead atoms. The zero-order chi connectivity index (χ0) is 17.0. The highest BCUT2D eigenvalue weighted by Gasteiger charge is 2.22. The maximum absolute atomic E-state index is 4.97. The molecule has 1 aliphatic heterocycles. The van der Waals surface area contributed by atoms with Crippen LogP contribution >= 0.6 is 0 Å². The zero-order valence-corrected chi connectivity index (χ0v) is 15.2. The van der Waals surface area contributed by atoms with Gasteiger partial charge in [-0.15, -0.1) is 0 Å². The first-order valence-electron chi connectivity index (χ1n) is 8.59. The molecule has 1 aromatic carbocycles. The topological polar surface area (TPSA) is 27.6 Å². The second-order valence-electron chi connectivity index (χ2n) is 6.24. The Kier molecular flexibility index (Phi) is 5.64. The fourth-order valence-corrected chi connectivity index (χ4v) is 2.99. The Bertz CT molecular complexity index is 647. The van der Waals surface area contributed by atoms with Crippen molar-refractivity contribution in [1.82, 2.24) is 10.2 Å². The van der Waals surface area contributed by atoms with E-state index in [1.54, 1.807) is 0 Å². The molecule has 0 spiro atoms. The van der Waals surface area contributed by atoms with Crippen molar-refractivity contribution < 1.29 is 0 Å². The first kappa shape index (κ1) is 17.3. The molecule has 124 valence electrons. The summed E-state index contributed by atoms with van der Waals surface area (Å²) < 4.78 is 0. The highest BCUT2D eigenvalue weighted by molar-refractivity contribution is 5.99. The molecule has 1 N–H and O–H groups in total. The van der Waals surface area contributed by atoms with Gasteiger partial charge < -0.3 is 10.2 Å². The number of rotatable bonds is 5. The van der Waals surface area contributed by atoms with Crippen molar-refractivity contribution in [3.8, 4) is 0 Å². The Balaban J connectivity index is 2.60. The van der Waals surface area contributed by atoms with Crippen molar-refractivity contribution in [2.75, 3.05) is 13.1 Å². The summed E-state index contributed by atoms with van der Waals surface area (Å²) in [6, 6.07) is 4.39. The number of fused-ring (bicyclic) bond motifs is 1. The molecule has 0 unspecified atom stereocenters. The molecular formula is C20H29N3. The number of guanidine groups is 1. The Morgan fingerprint density at radius 1 is 1.26 bits per heavy atom. The molecule has 0 fully saturated rings. The first-order chi connectivity index (χ1) is 11.0. The fraction of sp³-hybridized carbons (Fsp3) is 0.450. The number of allylic oxidation sites excluding steroid dienone is 2. The summed E-state index contributed by atoms with van der Waals surface area (Å²) in [5.41, 5.74) is 6.78. The molecule has 0 aliphatic carbocycles. The number of aliphatic imine (C=N–C) groups is 1. The molecule has 0 saturated heterocycles. The van der Waals surface area contributed by atoms with Crippen molar-refractivity contribution in [2.45, 2.75) is 47.5 Å². The van der Waals surface area contributed by atoms with E-state index < -0.39 is 0 Å². The molecule has 0 saturated carbocycles. The average molecular weight is 311 g/mol. The smallest absolute Gasteiger partial charge is 0.203 e. The zero-order valence-electron chi connectivity index (χ0n) is 15.2. The van der Waals surface area contributed by atoms with Crippen LogP contribution in [-0.4, -0.2) is 23.9 Å². The van der Waals surface area contributed by atoms with Crippen LogP contribution in [0.15, 0.2) is 29.8 Å². The van der Waals surface area contributed by atoms with Gasteiger partial charge >= 0.3 is 0 Å². The Morgan fingerprint density at radius 3 is 2.43 bits per heavy atom. The highest BCUT2D eigenvalue weighted by Crippen LogP contribution is 2.37. The minimum absolute atomic E-state index is 0.959. The Hall–Kier alpha value is -2.03. The number of nitrogens with zero attached hydrogens (tertiary/aromatic N) is 2. The van der Waals surface area contributed by atoms with Crippen LogP contribution in [0.2, 0.25) is 0 Å². The summed E-state index contributed by atoms with van der Waals surface area (Å²) in [6.07, 6.45) is 4.35. The van der Waals surface area contributed by atoms with E-state index in [1.807, 2.05) is 0 Å².